The van der Waals surface area contributed by atoms with Crippen molar-refractivity contribution in [1.82, 2.24) is 0 Å². The van der Waals surface area contributed by atoms with Crippen molar-refractivity contribution in [3.05, 3.63) is 29.8 Å². The van der Waals surface area contributed by atoms with Crippen molar-refractivity contribution in [3.63, 3.8) is 0 Å². The molecule has 0 fully saturated rings. The summed E-state index contributed by atoms with van der Waals surface area (Å²) in [5.74, 6) is 0.922. The van der Waals surface area contributed by atoms with Gasteiger partial charge in [0.1, 0.15) is 5.75 Å². The fourth-order valence-corrected chi connectivity index (χ4v) is 1.40. The zero-order valence-corrected chi connectivity index (χ0v) is 8.58. The molecule has 1 atom stereocenters. The van der Waals surface area contributed by atoms with E-state index in [1.807, 2.05) is 12.1 Å². The van der Waals surface area contributed by atoms with Crippen LogP contribution in [-0.4, -0.2) is 9.53 Å². The minimum absolute atomic E-state index is 0.342. The summed E-state index contributed by atoms with van der Waals surface area (Å²) in [4.78, 5) is 0. The van der Waals surface area contributed by atoms with Gasteiger partial charge in [-0.2, -0.15) is 0 Å². The third-order valence-corrected chi connectivity index (χ3v) is 3.01. The quantitative estimate of drug-likeness (QED) is 0.641. The van der Waals surface area contributed by atoms with E-state index in [4.69, 9.17) is 5.11 Å². The van der Waals surface area contributed by atoms with Crippen LogP contribution in [0.2, 0.25) is 0 Å². The molecular weight excluding hydrogens is 251 g/mol. The molecule has 0 spiro atoms. The van der Waals surface area contributed by atoms with Crippen molar-refractivity contribution in [3.8, 4) is 5.75 Å². The molecule has 60 valence electrons. The summed E-state index contributed by atoms with van der Waals surface area (Å²) < 4.78 is 1.11. The molecule has 0 aliphatic heterocycles. The van der Waals surface area contributed by atoms with E-state index in [0.717, 1.165) is 4.43 Å². The molecule has 0 bridgehead atoms. The van der Waals surface area contributed by atoms with Crippen molar-refractivity contribution in [2.75, 3.05) is 4.43 Å². The zero-order chi connectivity index (χ0) is 8.27. The van der Waals surface area contributed by atoms with Crippen LogP contribution in [0, 0.1) is 0 Å². The number of hydrogen-bond donors (Lipinski definition) is 1. The van der Waals surface area contributed by atoms with Crippen LogP contribution in [-0.2, 0) is 0 Å². The van der Waals surface area contributed by atoms with Crippen LogP contribution < -0.4 is 0 Å². The normalized spacial score (nSPS) is 12.9. The van der Waals surface area contributed by atoms with Crippen LogP contribution >= 0.6 is 22.6 Å². The van der Waals surface area contributed by atoms with Gasteiger partial charge in [0, 0.05) is 4.43 Å². The molecule has 1 N–H and O–H groups in total. The van der Waals surface area contributed by atoms with Gasteiger partial charge in [-0.15, -0.1) is 0 Å². The summed E-state index contributed by atoms with van der Waals surface area (Å²) >= 11 is 2.36. The summed E-state index contributed by atoms with van der Waals surface area (Å²) in [5, 5.41) is 9.01. The van der Waals surface area contributed by atoms with Gasteiger partial charge >= 0.3 is 0 Å². The maximum absolute atomic E-state index is 9.01. The van der Waals surface area contributed by atoms with E-state index in [9.17, 15) is 0 Å². The van der Waals surface area contributed by atoms with E-state index in [1.54, 1.807) is 12.1 Å². The summed E-state index contributed by atoms with van der Waals surface area (Å²) in [6, 6.07) is 7.41. The predicted molar refractivity (Wildman–Crippen MR) is 55.4 cm³/mol. The molecule has 0 heterocycles. The third kappa shape index (κ3) is 2.36. The second kappa shape index (κ2) is 3.95. The lowest BCUT2D eigenvalue weighted by molar-refractivity contribution is 0.475. The Kier molecular flexibility index (Phi) is 3.17. The molecule has 1 aromatic rings. The van der Waals surface area contributed by atoms with E-state index in [0.29, 0.717) is 11.7 Å². The lowest BCUT2D eigenvalue weighted by Crippen LogP contribution is -1.92. The highest BCUT2D eigenvalue weighted by Gasteiger charge is 2.01. The third-order valence-electron chi connectivity index (χ3n) is 1.69. The second-order valence-corrected chi connectivity index (χ2v) is 3.53. The van der Waals surface area contributed by atoms with Gasteiger partial charge in [0.25, 0.3) is 0 Å². The molecule has 0 aliphatic rings. The largest absolute Gasteiger partial charge is 0.508 e. The van der Waals surface area contributed by atoms with Gasteiger partial charge in [-0.1, -0.05) is 41.6 Å². The fraction of sp³-hybridized carbons (Fsp3) is 0.333. The monoisotopic (exact) mass is 262 g/mol. The Morgan fingerprint density at radius 1 is 1.36 bits per heavy atom. The first-order valence-electron chi connectivity index (χ1n) is 3.59. The van der Waals surface area contributed by atoms with E-state index in [-0.39, 0.29) is 0 Å². The maximum Gasteiger partial charge on any atom is 0.115 e. The number of alkyl halides is 1. The van der Waals surface area contributed by atoms with E-state index in [2.05, 4.69) is 29.5 Å². The minimum Gasteiger partial charge on any atom is -0.508 e. The number of hydrogen-bond acceptors (Lipinski definition) is 1. The molecule has 2 heteroatoms. The van der Waals surface area contributed by atoms with E-state index < -0.39 is 0 Å². The Morgan fingerprint density at radius 2 is 1.91 bits per heavy atom. The summed E-state index contributed by atoms with van der Waals surface area (Å²) in [6.45, 7) is 2.18. The lowest BCUT2D eigenvalue weighted by Gasteiger charge is -2.06. The molecule has 1 nitrogen and oxygen atoms in total. The van der Waals surface area contributed by atoms with Gasteiger partial charge < -0.3 is 5.11 Å². The highest BCUT2D eigenvalue weighted by atomic mass is 127. The highest BCUT2D eigenvalue weighted by molar-refractivity contribution is 14.1. The number of phenolic OH excluding ortho intramolecular Hbond substituents is 1. The Bertz CT molecular complexity index is 218. The van der Waals surface area contributed by atoms with Crippen molar-refractivity contribution < 1.29 is 5.11 Å². The standard InChI is InChI=1S/C9H11IO/c1-7(6-10)8-2-4-9(11)5-3-8/h2-5,7,11H,6H2,1H3. The molecule has 1 rings (SSSR count). The van der Waals surface area contributed by atoms with Crippen molar-refractivity contribution in [1.29, 1.82) is 0 Å². The Balaban J connectivity index is 2.81. The highest BCUT2D eigenvalue weighted by Crippen LogP contribution is 2.19. The average molecular weight is 262 g/mol. The zero-order valence-electron chi connectivity index (χ0n) is 6.42. The van der Waals surface area contributed by atoms with Crippen molar-refractivity contribution >= 4 is 22.6 Å². The van der Waals surface area contributed by atoms with Crippen molar-refractivity contribution in [2.24, 2.45) is 0 Å². The molecule has 11 heavy (non-hydrogen) atoms. The van der Waals surface area contributed by atoms with Crippen LogP contribution in [0.1, 0.15) is 18.4 Å². The van der Waals surface area contributed by atoms with Crippen LogP contribution in [0.5, 0.6) is 5.75 Å². The average Bonchev–Trinajstić information content (AvgIpc) is 2.05. The molecule has 0 aliphatic carbocycles. The van der Waals surface area contributed by atoms with Gasteiger partial charge in [-0.05, 0) is 23.6 Å². The number of halogens is 1. The molecule has 1 aromatic carbocycles. The van der Waals surface area contributed by atoms with Gasteiger partial charge in [-0.25, -0.2) is 0 Å². The smallest absolute Gasteiger partial charge is 0.115 e. The fourth-order valence-electron chi connectivity index (χ4n) is 0.892. The summed E-state index contributed by atoms with van der Waals surface area (Å²) in [5.41, 5.74) is 1.29. The predicted octanol–water partition coefficient (Wildman–Crippen LogP) is 2.93. The van der Waals surface area contributed by atoms with Crippen LogP contribution in [0.4, 0.5) is 0 Å². The first-order chi connectivity index (χ1) is 5.24. The molecule has 1 unspecified atom stereocenters. The van der Waals surface area contributed by atoms with Gasteiger partial charge in [0.05, 0.1) is 0 Å². The SMILES string of the molecule is CC(CI)c1ccc(O)cc1. The maximum atomic E-state index is 9.01. The Hall–Kier alpha value is -0.250. The van der Waals surface area contributed by atoms with E-state index >= 15 is 0 Å². The number of phenols is 1. The number of benzene rings is 1. The lowest BCUT2D eigenvalue weighted by atomic mass is 10.0. The first kappa shape index (κ1) is 8.84. The van der Waals surface area contributed by atoms with Crippen molar-refractivity contribution in [2.45, 2.75) is 12.8 Å². The topological polar surface area (TPSA) is 20.2 Å². The summed E-state index contributed by atoms with van der Waals surface area (Å²) in [7, 11) is 0. The minimum atomic E-state index is 0.342. The molecular formula is C9H11IO. The van der Waals surface area contributed by atoms with Crippen LogP contribution in [0.15, 0.2) is 24.3 Å². The molecule has 0 aromatic heterocycles. The summed E-state index contributed by atoms with van der Waals surface area (Å²) in [6.07, 6.45) is 0. The second-order valence-electron chi connectivity index (χ2n) is 2.65. The molecule has 0 radical (unpaired) electrons. The Morgan fingerprint density at radius 3 is 2.36 bits per heavy atom. The van der Waals surface area contributed by atoms with Gasteiger partial charge in [-0.3, -0.25) is 0 Å². The first-order valence-corrected chi connectivity index (χ1v) is 5.11. The number of aromatic hydroxyl groups is 1. The van der Waals surface area contributed by atoms with Gasteiger partial charge in [0.15, 0.2) is 0 Å². The van der Waals surface area contributed by atoms with Crippen LogP contribution in [0.3, 0.4) is 0 Å². The van der Waals surface area contributed by atoms with Crippen LogP contribution in [0.25, 0.3) is 0 Å². The Labute approximate surface area is 80.6 Å². The molecule has 0 saturated carbocycles. The van der Waals surface area contributed by atoms with E-state index in [1.165, 1.54) is 5.56 Å². The molecule has 0 saturated heterocycles. The van der Waals surface area contributed by atoms with Gasteiger partial charge in [0.2, 0.25) is 0 Å². The molecule has 0 amide bonds. The number of rotatable bonds is 2.